The standard InChI is InChI=1S/C14H9Cl3N4O/c15-10-4-9-3-8(7-22-14(9)11(16)5-10)6-18-20-13-2-1-12(17)19-21-13/h1-6H,7H2,(H,20,21)/b18-6+. The molecule has 0 amide bonds. The van der Waals surface area contributed by atoms with Gasteiger partial charge in [-0.3, -0.25) is 5.43 Å². The van der Waals surface area contributed by atoms with Gasteiger partial charge in [0.2, 0.25) is 0 Å². The van der Waals surface area contributed by atoms with Crippen molar-refractivity contribution >= 4 is 52.9 Å². The van der Waals surface area contributed by atoms with E-state index in [1.54, 1.807) is 30.5 Å². The Kier molecular flexibility index (Phi) is 4.47. The number of anilines is 1. The number of ether oxygens (including phenoxy) is 1. The van der Waals surface area contributed by atoms with Crippen LogP contribution in [0, 0.1) is 0 Å². The lowest BCUT2D eigenvalue weighted by molar-refractivity contribution is 0.354. The van der Waals surface area contributed by atoms with E-state index in [1.807, 2.05) is 6.08 Å². The normalized spacial score (nSPS) is 13.5. The molecule has 1 aliphatic heterocycles. The van der Waals surface area contributed by atoms with E-state index in [1.165, 1.54) is 0 Å². The van der Waals surface area contributed by atoms with Gasteiger partial charge in [0.15, 0.2) is 11.0 Å². The predicted octanol–water partition coefficient (Wildman–Crippen LogP) is 4.31. The van der Waals surface area contributed by atoms with Gasteiger partial charge in [-0.25, -0.2) is 0 Å². The van der Waals surface area contributed by atoms with Crippen molar-refractivity contribution in [3.05, 3.63) is 50.6 Å². The molecule has 1 aromatic heterocycles. The summed E-state index contributed by atoms with van der Waals surface area (Å²) in [5.74, 6) is 1.12. The molecule has 0 fully saturated rings. The van der Waals surface area contributed by atoms with Gasteiger partial charge in [0.25, 0.3) is 0 Å². The molecule has 1 aliphatic rings. The molecule has 8 heteroatoms. The van der Waals surface area contributed by atoms with Crippen LogP contribution in [0.5, 0.6) is 5.75 Å². The monoisotopic (exact) mass is 354 g/mol. The number of nitrogens with zero attached hydrogens (tertiary/aromatic N) is 3. The van der Waals surface area contributed by atoms with Crippen molar-refractivity contribution in [2.75, 3.05) is 12.0 Å². The van der Waals surface area contributed by atoms with Crippen LogP contribution in [0.2, 0.25) is 15.2 Å². The highest BCUT2D eigenvalue weighted by Gasteiger charge is 2.14. The second-order valence-corrected chi connectivity index (χ2v) is 5.66. The van der Waals surface area contributed by atoms with Gasteiger partial charge in [-0.2, -0.15) is 5.10 Å². The fourth-order valence-corrected chi connectivity index (χ4v) is 2.53. The smallest absolute Gasteiger partial charge is 0.168 e. The van der Waals surface area contributed by atoms with E-state index in [-0.39, 0.29) is 0 Å². The van der Waals surface area contributed by atoms with Crippen molar-refractivity contribution in [1.82, 2.24) is 10.2 Å². The van der Waals surface area contributed by atoms with Gasteiger partial charge in [-0.15, -0.1) is 10.2 Å². The summed E-state index contributed by atoms with van der Waals surface area (Å²) >= 11 is 17.7. The summed E-state index contributed by atoms with van der Waals surface area (Å²) in [6.07, 6.45) is 3.54. The lowest BCUT2D eigenvalue weighted by atomic mass is 10.1. The Hall–Kier alpha value is -1.82. The first-order valence-electron chi connectivity index (χ1n) is 6.22. The summed E-state index contributed by atoms with van der Waals surface area (Å²) in [7, 11) is 0. The molecule has 112 valence electrons. The first kappa shape index (κ1) is 15.1. The molecule has 2 aromatic rings. The summed E-state index contributed by atoms with van der Waals surface area (Å²) in [4.78, 5) is 0. The van der Waals surface area contributed by atoms with Crippen molar-refractivity contribution in [3.63, 3.8) is 0 Å². The van der Waals surface area contributed by atoms with Crippen molar-refractivity contribution in [1.29, 1.82) is 0 Å². The topological polar surface area (TPSA) is 59.4 Å². The molecule has 0 saturated heterocycles. The average Bonchev–Trinajstić information content (AvgIpc) is 2.49. The Morgan fingerprint density at radius 3 is 2.82 bits per heavy atom. The maximum Gasteiger partial charge on any atom is 0.168 e. The third-order valence-electron chi connectivity index (χ3n) is 2.80. The number of hydrazone groups is 1. The molecule has 22 heavy (non-hydrogen) atoms. The van der Waals surface area contributed by atoms with Crippen LogP contribution in [-0.2, 0) is 0 Å². The largest absolute Gasteiger partial charge is 0.487 e. The molecular weight excluding hydrogens is 347 g/mol. The number of nitrogens with one attached hydrogen (secondary N) is 1. The first-order chi connectivity index (χ1) is 10.6. The van der Waals surface area contributed by atoms with Crippen molar-refractivity contribution in [3.8, 4) is 5.75 Å². The van der Waals surface area contributed by atoms with E-state index < -0.39 is 0 Å². The molecular formula is C14H9Cl3N4O. The van der Waals surface area contributed by atoms with Crippen LogP contribution in [0.25, 0.3) is 6.08 Å². The van der Waals surface area contributed by atoms with E-state index in [2.05, 4.69) is 20.7 Å². The van der Waals surface area contributed by atoms with Gasteiger partial charge >= 0.3 is 0 Å². The van der Waals surface area contributed by atoms with Crippen LogP contribution < -0.4 is 10.2 Å². The Balaban J connectivity index is 1.74. The zero-order valence-corrected chi connectivity index (χ0v) is 13.3. The molecule has 3 rings (SSSR count). The van der Waals surface area contributed by atoms with Gasteiger partial charge in [0, 0.05) is 16.2 Å². The van der Waals surface area contributed by atoms with E-state index in [0.717, 1.165) is 11.1 Å². The molecule has 0 unspecified atom stereocenters. The Morgan fingerprint density at radius 1 is 1.18 bits per heavy atom. The molecule has 2 heterocycles. The molecule has 0 aliphatic carbocycles. The summed E-state index contributed by atoms with van der Waals surface area (Å²) in [5, 5.41) is 13.0. The fourth-order valence-electron chi connectivity index (χ4n) is 1.87. The quantitative estimate of drug-likeness (QED) is 0.658. The van der Waals surface area contributed by atoms with Crippen LogP contribution in [0.1, 0.15) is 5.56 Å². The Bertz CT molecular complexity index is 759. The van der Waals surface area contributed by atoms with Gasteiger partial charge in [-0.1, -0.05) is 34.8 Å². The van der Waals surface area contributed by atoms with Crippen LogP contribution in [0.3, 0.4) is 0 Å². The average molecular weight is 356 g/mol. The Morgan fingerprint density at radius 2 is 2.05 bits per heavy atom. The highest BCUT2D eigenvalue weighted by Crippen LogP contribution is 2.36. The van der Waals surface area contributed by atoms with Gasteiger partial charge < -0.3 is 4.74 Å². The molecule has 0 spiro atoms. The second kappa shape index (κ2) is 6.52. The molecule has 1 aromatic carbocycles. The van der Waals surface area contributed by atoms with Gasteiger partial charge in [0.05, 0.1) is 11.2 Å². The minimum absolute atomic E-state index is 0.322. The third kappa shape index (κ3) is 3.50. The van der Waals surface area contributed by atoms with Crippen molar-refractivity contribution < 1.29 is 4.74 Å². The highest BCUT2D eigenvalue weighted by atomic mass is 35.5. The molecule has 0 saturated carbocycles. The number of halogens is 3. The SMILES string of the molecule is Clc1cc(Cl)c2c(c1)C=C(/C=N/Nc1ccc(Cl)nn1)CO2. The molecule has 0 atom stereocenters. The lowest BCUT2D eigenvalue weighted by Gasteiger charge is -2.17. The van der Waals surface area contributed by atoms with Crippen LogP contribution in [0.15, 0.2) is 34.9 Å². The van der Waals surface area contributed by atoms with E-state index in [9.17, 15) is 0 Å². The zero-order valence-electron chi connectivity index (χ0n) is 11.1. The third-order valence-corrected chi connectivity index (χ3v) is 3.50. The molecule has 0 bridgehead atoms. The number of hydrogen-bond acceptors (Lipinski definition) is 5. The number of hydrogen-bond donors (Lipinski definition) is 1. The molecule has 1 N–H and O–H groups in total. The maximum absolute atomic E-state index is 6.08. The van der Waals surface area contributed by atoms with Crippen LogP contribution >= 0.6 is 34.8 Å². The van der Waals surface area contributed by atoms with Gasteiger partial charge in [0.1, 0.15) is 12.4 Å². The Labute approximate surface area is 141 Å². The minimum atomic E-state index is 0.322. The summed E-state index contributed by atoms with van der Waals surface area (Å²) in [6, 6.07) is 6.73. The molecule has 5 nitrogen and oxygen atoms in total. The van der Waals surface area contributed by atoms with Crippen LogP contribution in [-0.4, -0.2) is 23.0 Å². The minimum Gasteiger partial charge on any atom is -0.487 e. The summed E-state index contributed by atoms with van der Waals surface area (Å²) in [5.41, 5.74) is 4.43. The predicted molar refractivity (Wildman–Crippen MR) is 89.1 cm³/mol. The van der Waals surface area contributed by atoms with E-state index in [4.69, 9.17) is 39.5 Å². The first-order valence-corrected chi connectivity index (χ1v) is 7.36. The highest BCUT2D eigenvalue weighted by molar-refractivity contribution is 6.36. The number of rotatable bonds is 3. The van der Waals surface area contributed by atoms with Crippen molar-refractivity contribution in [2.24, 2.45) is 5.10 Å². The number of fused-ring (bicyclic) bond motifs is 1. The number of benzene rings is 1. The van der Waals surface area contributed by atoms with E-state index >= 15 is 0 Å². The summed E-state index contributed by atoms with van der Waals surface area (Å²) in [6.45, 7) is 0.367. The number of aromatic nitrogens is 2. The molecule has 0 radical (unpaired) electrons. The zero-order chi connectivity index (χ0) is 15.5. The van der Waals surface area contributed by atoms with Crippen molar-refractivity contribution in [2.45, 2.75) is 0 Å². The van der Waals surface area contributed by atoms with E-state index in [0.29, 0.717) is 33.4 Å². The van der Waals surface area contributed by atoms with Gasteiger partial charge in [-0.05, 0) is 30.3 Å². The maximum atomic E-state index is 6.08. The lowest BCUT2D eigenvalue weighted by Crippen LogP contribution is -2.09. The summed E-state index contributed by atoms with van der Waals surface area (Å²) < 4.78 is 5.62. The second-order valence-electron chi connectivity index (χ2n) is 4.43. The fraction of sp³-hybridized carbons (Fsp3) is 0.0714. The van der Waals surface area contributed by atoms with Crippen LogP contribution in [0.4, 0.5) is 5.82 Å².